The number of benzene rings is 1. The van der Waals surface area contributed by atoms with Crippen LogP contribution in [0.3, 0.4) is 0 Å². The van der Waals surface area contributed by atoms with E-state index >= 15 is 0 Å². The van der Waals surface area contributed by atoms with Gasteiger partial charge in [0.1, 0.15) is 11.9 Å². The maximum absolute atomic E-state index is 9.53. The minimum Gasteiger partial charge on any atom is -0.488 e. The molecule has 2 heteroatoms. The van der Waals surface area contributed by atoms with Gasteiger partial charge in [-0.25, -0.2) is 0 Å². The van der Waals surface area contributed by atoms with Crippen LogP contribution in [0, 0.1) is 0 Å². The van der Waals surface area contributed by atoms with Crippen LogP contribution in [0.2, 0.25) is 0 Å². The average molecular weight is 178 g/mol. The maximum atomic E-state index is 9.53. The molecule has 1 aliphatic rings. The molecule has 2 nitrogen and oxygen atoms in total. The van der Waals surface area contributed by atoms with Crippen molar-refractivity contribution in [3.05, 3.63) is 30.3 Å². The second kappa shape index (κ2) is 3.79. The molecule has 0 saturated heterocycles. The van der Waals surface area contributed by atoms with Gasteiger partial charge in [0.25, 0.3) is 0 Å². The number of aliphatic hydroxyl groups is 1. The molecule has 13 heavy (non-hydrogen) atoms. The van der Waals surface area contributed by atoms with E-state index in [-0.39, 0.29) is 12.2 Å². The van der Waals surface area contributed by atoms with Crippen LogP contribution in [-0.4, -0.2) is 17.3 Å². The van der Waals surface area contributed by atoms with Crippen molar-refractivity contribution in [2.45, 2.75) is 31.5 Å². The second-order valence-corrected chi connectivity index (χ2v) is 3.47. The molecule has 1 saturated carbocycles. The molecule has 0 aromatic heterocycles. The van der Waals surface area contributed by atoms with Crippen molar-refractivity contribution in [2.24, 2.45) is 0 Å². The summed E-state index contributed by atoms with van der Waals surface area (Å²) >= 11 is 0. The topological polar surface area (TPSA) is 29.5 Å². The Kier molecular flexibility index (Phi) is 2.50. The first-order chi connectivity index (χ1) is 6.36. The highest BCUT2D eigenvalue weighted by molar-refractivity contribution is 5.21. The van der Waals surface area contributed by atoms with Crippen molar-refractivity contribution in [1.29, 1.82) is 0 Å². The lowest BCUT2D eigenvalue weighted by Crippen LogP contribution is -2.25. The molecule has 0 unspecified atom stereocenters. The molecule has 1 fully saturated rings. The molecule has 0 spiro atoms. The summed E-state index contributed by atoms with van der Waals surface area (Å²) < 4.78 is 5.64. The average Bonchev–Trinajstić information content (AvgIpc) is 2.54. The summed E-state index contributed by atoms with van der Waals surface area (Å²) in [5.74, 6) is 0.855. The van der Waals surface area contributed by atoms with Crippen LogP contribution in [0.25, 0.3) is 0 Å². The van der Waals surface area contributed by atoms with E-state index in [4.69, 9.17) is 4.74 Å². The first-order valence-corrected chi connectivity index (χ1v) is 4.76. The van der Waals surface area contributed by atoms with E-state index in [2.05, 4.69) is 0 Å². The third-order valence-corrected chi connectivity index (χ3v) is 2.45. The summed E-state index contributed by atoms with van der Waals surface area (Å²) in [7, 11) is 0. The Morgan fingerprint density at radius 1 is 1.15 bits per heavy atom. The molecule has 1 aromatic carbocycles. The number of hydrogen-bond donors (Lipinski definition) is 1. The third-order valence-electron chi connectivity index (χ3n) is 2.45. The first kappa shape index (κ1) is 8.57. The van der Waals surface area contributed by atoms with E-state index in [1.165, 1.54) is 0 Å². The third kappa shape index (κ3) is 2.01. The lowest BCUT2D eigenvalue weighted by molar-refractivity contribution is 0.0604. The van der Waals surface area contributed by atoms with Crippen LogP contribution in [0.15, 0.2) is 30.3 Å². The van der Waals surface area contributed by atoms with Gasteiger partial charge in [0.2, 0.25) is 0 Å². The number of hydrogen-bond acceptors (Lipinski definition) is 2. The number of ether oxygens (including phenoxy) is 1. The van der Waals surface area contributed by atoms with Gasteiger partial charge in [0, 0.05) is 0 Å². The molecule has 70 valence electrons. The smallest absolute Gasteiger partial charge is 0.124 e. The molecule has 0 heterocycles. The molecular formula is C11H14O2. The summed E-state index contributed by atoms with van der Waals surface area (Å²) in [6.45, 7) is 0. The largest absolute Gasteiger partial charge is 0.488 e. The van der Waals surface area contributed by atoms with Crippen molar-refractivity contribution in [3.8, 4) is 5.75 Å². The SMILES string of the molecule is O[C@@H]1CCC[C@@H]1Oc1ccccc1. The van der Waals surface area contributed by atoms with Gasteiger partial charge in [-0.2, -0.15) is 0 Å². The molecular weight excluding hydrogens is 164 g/mol. The Morgan fingerprint density at radius 3 is 2.54 bits per heavy atom. The lowest BCUT2D eigenvalue weighted by atomic mass is 10.2. The van der Waals surface area contributed by atoms with Gasteiger partial charge >= 0.3 is 0 Å². The molecule has 0 aliphatic heterocycles. The normalized spacial score (nSPS) is 27.5. The van der Waals surface area contributed by atoms with Crippen molar-refractivity contribution >= 4 is 0 Å². The van der Waals surface area contributed by atoms with Crippen LogP contribution < -0.4 is 4.74 Å². The van der Waals surface area contributed by atoms with Crippen LogP contribution in [0.5, 0.6) is 5.75 Å². The molecule has 1 N–H and O–H groups in total. The van der Waals surface area contributed by atoms with Crippen molar-refractivity contribution in [1.82, 2.24) is 0 Å². The monoisotopic (exact) mass is 178 g/mol. The summed E-state index contributed by atoms with van der Waals surface area (Å²) in [6.07, 6.45) is 2.63. The fourth-order valence-electron chi connectivity index (χ4n) is 1.72. The number of para-hydroxylation sites is 1. The van der Waals surface area contributed by atoms with E-state index in [0.717, 1.165) is 25.0 Å². The predicted molar refractivity (Wildman–Crippen MR) is 50.7 cm³/mol. The van der Waals surface area contributed by atoms with E-state index in [1.807, 2.05) is 30.3 Å². The summed E-state index contributed by atoms with van der Waals surface area (Å²) in [5.41, 5.74) is 0. The Labute approximate surface area is 78.2 Å². The minimum atomic E-state index is -0.278. The van der Waals surface area contributed by atoms with E-state index in [1.54, 1.807) is 0 Å². The zero-order chi connectivity index (χ0) is 9.10. The van der Waals surface area contributed by atoms with Crippen molar-refractivity contribution in [3.63, 3.8) is 0 Å². The summed E-state index contributed by atoms with van der Waals surface area (Å²) in [4.78, 5) is 0. The van der Waals surface area contributed by atoms with Crippen LogP contribution >= 0.6 is 0 Å². The Bertz CT molecular complexity index is 258. The summed E-state index contributed by atoms with van der Waals surface area (Å²) in [6, 6.07) is 9.68. The van der Waals surface area contributed by atoms with E-state index in [0.29, 0.717) is 0 Å². The molecule has 2 rings (SSSR count). The Hall–Kier alpha value is -1.02. The first-order valence-electron chi connectivity index (χ1n) is 4.76. The van der Waals surface area contributed by atoms with Gasteiger partial charge in [-0.05, 0) is 31.4 Å². The van der Waals surface area contributed by atoms with E-state index < -0.39 is 0 Å². The van der Waals surface area contributed by atoms with Gasteiger partial charge in [-0.3, -0.25) is 0 Å². The number of rotatable bonds is 2. The van der Waals surface area contributed by atoms with Gasteiger partial charge in [-0.1, -0.05) is 18.2 Å². The molecule has 0 radical (unpaired) electrons. The van der Waals surface area contributed by atoms with Gasteiger partial charge < -0.3 is 9.84 Å². The van der Waals surface area contributed by atoms with Crippen molar-refractivity contribution in [2.75, 3.05) is 0 Å². The predicted octanol–water partition coefficient (Wildman–Crippen LogP) is 1.98. The van der Waals surface area contributed by atoms with Crippen LogP contribution in [-0.2, 0) is 0 Å². The van der Waals surface area contributed by atoms with Gasteiger partial charge in [-0.15, -0.1) is 0 Å². The number of aliphatic hydroxyl groups excluding tert-OH is 1. The minimum absolute atomic E-state index is 0.00222. The highest BCUT2D eigenvalue weighted by Crippen LogP contribution is 2.24. The highest BCUT2D eigenvalue weighted by atomic mass is 16.5. The van der Waals surface area contributed by atoms with E-state index in [9.17, 15) is 5.11 Å². The molecule has 0 amide bonds. The molecule has 0 bridgehead atoms. The Morgan fingerprint density at radius 2 is 1.92 bits per heavy atom. The van der Waals surface area contributed by atoms with Crippen molar-refractivity contribution < 1.29 is 9.84 Å². The molecule has 1 aromatic rings. The van der Waals surface area contributed by atoms with Gasteiger partial charge in [0.05, 0.1) is 6.10 Å². The Balaban J connectivity index is 1.98. The standard InChI is InChI=1S/C11H14O2/c12-10-7-4-8-11(10)13-9-5-2-1-3-6-9/h1-3,5-6,10-12H,4,7-8H2/t10-,11+/m1/s1. The zero-order valence-electron chi connectivity index (χ0n) is 7.52. The fourth-order valence-corrected chi connectivity index (χ4v) is 1.72. The van der Waals surface area contributed by atoms with Crippen LogP contribution in [0.1, 0.15) is 19.3 Å². The molecule has 1 aliphatic carbocycles. The zero-order valence-corrected chi connectivity index (χ0v) is 7.52. The molecule has 2 atom stereocenters. The second-order valence-electron chi connectivity index (χ2n) is 3.47. The van der Waals surface area contributed by atoms with Crippen LogP contribution in [0.4, 0.5) is 0 Å². The quantitative estimate of drug-likeness (QED) is 0.750. The lowest BCUT2D eigenvalue weighted by Gasteiger charge is -2.16. The van der Waals surface area contributed by atoms with Gasteiger partial charge in [0.15, 0.2) is 0 Å². The fraction of sp³-hybridized carbons (Fsp3) is 0.455. The maximum Gasteiger partial charge on any atom is 0.124 e. The summed E-state index contributed by atoms with van der Waals surface area (Å²) in [5, 5.41) is 9.53. The highest BCUT2D eigenvalue weighted by Gasteiger charge is 2.26.